The van der Waals surface area contributed by atoms with Crippen molar-refractivity contribution in [1.82, 2.24) is 14.8 Å². The van der Waals surface area contributed by atoms with Crippen molar-refractivity contribution in [3.63, 3.8) is 0 Å². The molecule has 0 saturated carbocycles. The maximum atomic E-state index is 12.5. The first-order valence-electron chi connectivity index (χ1n) is 8.15. The van der Waals surface area contributed by atoms with Gasteiger partial charge in [0.25, 0.3) is 5.91 Å². The number of fused-ring (bicyclic) bond motifs is 1. The number of anilines is 1. The van der Waals surface area contributed by atoms with Crippen LogP contribution in [-0.2, 0) is 0 Å². The summed E-state index contributed by atoms with van der Waals surface area (Å²) in [7, 11) is 0. The number of nitrogens with one attached hydrogen (secondary N) is 2. The number of para-hydroxylation sites is 1. The minimum absolute atomic E-state index is 0.0591. The SMILES string of the molecule is Cc1ccccc1-n1cc(C(=O)Nc2ccc3c(=O)cc[nH]c3c2)cn1. The van der Waals surface area contributed by atoms with Gasteiger partial charge in [0, 0.05) is 29.5 Å². The average molecular weight is 344 g/mol. The summed E-state index contributed by atoms with van der Waals surface area (Å²) in [5.74, 6) is -0.262. The van der Waals surface area contributed by atoms with Gasteiger partial charge in [0.1, 0.15) is 0 Å². The van der Waals surface area contributed by atoms with Gasteiger partial charge in [-0.05, 0) is 36.8 Å². The van der Waals surface area contributed by atoms with Crippen LogP contribution < -0.4 is 10.7 Å². The molecule has 0 aliphatic heterocycles. The fourth-order valence-corrected chi connectivity index (χ4v) is 2.85. The Morgan fingerprint density at radius 1 is 1.15 bits per heavy atom. The van der Waals surface area contributed by atoms with Gasteiger partial charge in [0.2, 0.25) is 0 Å². The van der Waals surface area contributed by atoms with E-state index in [1.165, 1.54) is 12.3 Å². The van der Waals surface area contributed by atoms with E-state index < -0.39 is 0 Å². The summed E-state index contributed by atoms with van der Waals surface area (Å²) >= 11 is 0. The Kier molecular flexibility index (Phi) is 3.85. The van der Waals surface area contributed by atoms with Gasteiger partial charge in [-0.15, -0.1) is 0 Å². The van der Waals surface area contributed by atoms with Gasteiger partial charge in [-0.2, -0.15) is 5.10 Å². The molecule has 0 bridgehead atoms. The molecule has 4 rings (SSSR count). The standard InChI is InChI=1S/C20H16N4O2/c1-13-4-2-3-5-18(13)24-12-14(11-22-24)20(26)23-15-6-7-16-17(10-15)21-9-8-19(16)25/h2-12H,1H3,(H,21,25)(H,23,26). The van der Waals surface area contributed by atoms with Crippen LogP contribution in [0.5, 0.6) is 0 Å². The number of aromatic nitrogens is 3. The molecule has 2 aromatic heterocycles. The number of carbonyl (C=O) groups excluding carboxylic acids is 1. The van der Waals surface area contributed by atoms with Crippen molar-refractivity contribution in [3.8, 4) is 5.69 Å². The number of hydrogen-bond donors (Lipinski definition) is 2. The quantitative estimate of drug-likeness (QED) is 0.598. The van der Waals surface area contributed by atoms with Crippen molar-refractivity contribution in [1.29, 1.82) is 0 Å². The van der Waals surface area contributed by atoms with Crippen LogP contribution in [0.1, 0.15) is 15.9 Å². The van der Waals surface area contributed by atoms with Gasteiger partial charge < -0.3 is 10.3 Å². The van der Waals surface area contributed by atoms with Crippen molar-refractivity contribution in [2.45, 2.75) is 6.92 Å². The number of H-pyrrole nitrogens is 1. The summed E-state index contributed by atoms with van der Waals surface area (Å²) in [6.45, 7) is 1.99. The van der Waals surface area contributed by atoms with E-state index in [1.807, 2.05) is 31.2 Å². The van der Waals surface area contributed by atoms with Gasteiger partial charge >= 0.3 is 0 Å². The molecule has 0 atom stereocenters. The van der Waals surface area contributed by atoms with Crippen molar-refractivity contribution in [3.05, 3.63) is 88.5 Å². The van der Waals surface area contributed by atoms with Crippen molar-refractivity contribution in [2.24, 2.45) is 0 Å². The Balaban J connectivity index is 1.59. The lowest BCUT2D eigenvalue weighted by atomic mass is 10.2. The van der Waals surface area contributed by atoms with Crippen LogP contribution in [-0.4, -0.2) is 20.7 Å². The lowest BCUT2D eigenvalue weighted by molar-refractivity contribution is 0.102. The molecular weight excluding hydrogens is 328 g/mol. The second-order valence-electron chi connectivity index (χ2n) is 6.02. The summed E-state index contributed by atoms with van der Waals surface area (Å²) in [6.07, 6.45) is 4.81. The van der Waals surface area contributed by atoms with E-state index in [4.69, 9.17) is 0 Å². The Morgan fingerprint density at radius 2 is 2.00 bits per heavy atom. The fourth-order valence-electron chi connectivity index (χ4n) is 2.85. The molecule has 2 heterocycles. The summed E-state index contributed by atoms with van der Waals surface area (Å²) < 4.78 is 1.68. The third-order valence-electron chi connectivity index (χ3n) is 4.22. The molecule has 6 nitrogen and oxygen atoms in total. The molecule has 0 fully saturated rings. The number of rotatable bonds is 3. The molecule has 0 saturated heterocycles. The van der Waals surface area contributed by atoms with E-state index in [1.54, 1.807) is 35.3 Å². The molecule has 0 radical (unpaired) electrons. The van der Waals surface area contributed by atoms with Crippen LogP contribution in [0.2, 0.25) is 0 Å². The minimum Gasteiger partial charge on any atom is -0.361 e. The number of pyridine rings is 1. The van der Waals surface area contributed by atoms with Gasteiger partial charge in [0.05, 0.1) is 23.0 Å². The number of amides is 1. The van der Waals surface area contributed by atoms with Crippen LogP contribution in [0.3, 0.4) is 0 Å². The van der Waals surface area contributed by atoms with Gasteiger partial charge in [0.15, 0.2) is 5.43 Å². The van der Waals surface area contributed by atoms with Gasteiger partial charge in [-0.3, -0.25) is 9.59 Å². The molecule has 0 spiro atoms. The lowest BCUT2D eigenvalue weighted by Gasteiger charge is -2.06. The van der Waals surface area contributed by atoms with E-state index in [2.05, 4.69) is 15.4 Å². The lowest BCUT2D eigenvalue weighted by Crippen LogP contribution is -2.11. The molecule has 6 heteroatoms. The van der Waals surface area contributed by atoms with Crippen molar-refractivity contribution >= 4 is 22.5 Å². The number of benzene rings is 2. The molecule has 1 amide bonds. The van der Waals surface area contributed by atoms with Crippen molar-refractivity contribution < 1.29 is 4.79 Å². The molecule has 0 aliphatic carbocycles. The number of aromatic amines is 1. The third-order valence-corrected chi connectivity index (χ3v) is 4.22. The summed E-state index contributed by atoms with van der Waals surface area (Å²) in [4.78, 5) is 27.3. The first-order valence-corrected chi connectivity index (χ1v) is 8.15. The Bertz CT molecular complexity index is 1170. The van der Waals surface area contributed by atoms with Gasteiger partial charge in [-0.1, -0.05) is 18.2 Å². The van der Waals surface area contributed by atoms with E-state index in [-0.39, 0.29) is 11.3 Å². The second-order valence-corrected chi connectivity index (χ2v) is 6.02. The van der Waals surface area contributed by atoms with E-state index in [9.17, 15) is 9.59 Å². The van der Waals surface area contributed by atoms with E-state index in [0.29, 0.717) is 22.2 Å². The van der Waals surface area contributed by atoms with E-state index in [0.717, 1.165) is 11.3 Å². The highest BCUT2D eigenvalue weighted by Crippen LogP contribution is 2.17. The topological polar surface area (TPSA) is 79.8 Å². The molecule has 0 unspecified atom stereocenters. The normalized spacial score (nSPS) is 10.8. The molecule has 26 heavy (non-hydrogen) atoms. The number of carbonyl (C=O) groups is 1. The zero-order valence-electron chi connectivity index (χ0n) is 14.1. The highest BCUT2D eigenvalue weighted by Gasteiger charge is 2.11. The maximum Gasteiger partial charge on any atom is 0.258 e. The maximum absolute atomic E-state index is 12.5. The monoisotopic (exact) mass is 344 g/mol. The van der Waals surface area contributed by atoms with E-state index >= 15 is 0 Å². The molecule has 4 aromatic rings. The number of aryl methyl sites for hydroxylation is 1. The summed E-state index contributed by atoms with van der Waals surface area (Å²) in [5, 5.41) is 7.70. The van der Waals surface area contributed by atoms with Crippen LogP contribution in [0.15, 0.2) is 71.9 Å². The average Bonchev–Trinajstić information content (AvgIpc) is 3.12. The van der Waals surface area contributed by atoms with Crippen LogP contribution in [0, 0.1) is 6.92 Å². The predicted molar refractivity (Wildman–Crippen MR) is 101 cm³/mol. The molecule has 2 aromatic carbocycles. The minimum atomic E-state index is -0.262. The largest absolute Gasteiger partial charge is 0.361 e. The van der Waals surface area contributed by atoms with Crippen LogP contribution in [0.4, 0.5) is 5.69 Å². The molecule has 0 aliphatic rings. The second kappa shape index (κ2) is 6.33. The summed E-state index contributed by atoms with van der Waals surface area (Å²) in [5.41, 5.74) is 3.67. The van der Waals surface area contributed by atoms with Crippen molar-refractivity contribution in [2.75, 3.05) is 5.32 Å². The zero-order chi connectivity index (χ0) is 18.1. The highest BCUT2D eigenvalue weighted by atomic mass is 16.1. The number of hydrogen-bond acceptors (Lipinski definition) is 3. The Hall–Kier alpha value is -3.67. The fraction of sp³-hybridized carbons (Fsp3) is 0.0500. The molecule has 2 N–H and O–H groups in total. The molecular formula is C20H16N4O2. The Morgan fingerprint density at radius 3 is 2.85 bits per heavy atom. The van der Waals surface area contributed by atoms with Crippen LogP contribution >= 0.6 is 0 Å². The number of nitrogens with zero attached hydrogens (tertiary/aromatic N) is 2. The highest BCUT2D eigenvalue weighted by molar-refractivity contribution is 6.04. The smallest absolute Gasteiger partial charge is 0.258 e. The predicted octanol–water partition coefficient (Wildman–Crippen LogP) is 3.27. The van der Waals surface area contributed by atoms with Crippen LogP contribution in [0.25, 0.3) is 16.6 Å². The first kappa shape index (κ1) is 15.8. The molecule has 128 valence electrons. The van der Waals surface area contributed by atoms with Gasteiger partial charge in [-0.25, -0.2) is 4.68 Å². The summed E-state index contributed by atoms with van der Waals surface area (Å²) in [6, 6.07) is 14.4. The zero-order valence-corrected chi connectivity index (χ0v) is 14.1. The first-order chi connectivity index (χ1) is 12.6. The third kappa shape index (κ3) is 2.88. The Labute approximate surface area is 149 Å².